The van der Waals surface area contributed by atoms with Gasteiger partial charge in [-0.05, 0) is 23.9 Å². The molecule has 0 aliphatic rings. The maximum absolute atomic E-state index is 11.8. The molecule has 0 aliphatic carbocycles. The van der Waals surface area contributed by atoms with Crippen molar-refractivity contribution in [3.05, 3.63) is 45.2 Å². The first-order valence-corrected chi connectivity index (χ1v) is 5.67. The van der Waals surface area contributed by atoms with Crippen LogP contribution in [0.4, 0.5) is 0 Å². The molecular formula is C12H10N2OS. The van der Waals surface area contributed by atoms with Gasteiger partial charge in [-0.2, -0.15) is 5.26 Å². The lowest BCUT2D eigenvalue weighted by Gasteiger charge is -2.07. The average Bonchev–Trinajstić information content (AvgIpc) is 2.76. The van der Waals surface area contributed by atoms with E-state index < -0.39 is 0 Å². The van der Waals surface area contributed by atoms with E-state index in [-0.39, 0.29) is 11.1 Å². The molecule has 0 spiro atoms. The molecule has 2 aromatic rings. The highest BCUT2D eigenvalue weighted by molar-refractivity contribution is 7.13. The quantitative estimate of drug-likeness (QED) is 0.754. The van der Waals surface area contributed by atoms with Gasteiger partial charge in [0.2, 0.25) is 0 Å². The van der Waals surface area contributed by atoms with Gasteiger partial charge in [0.25, 0.3) is 5.56 Å². The van der Waals surface area contributed by atoms with Gasteiger partial charge in [-0.1, -0.05) is 6.07 Å². The number of hydrogen-bond acceptors (Lipinski definition) is 3. The molecule has 0 N–H and O–H groups in total. The molecule has 0 saturated heterocycles. The predicted molar refractivity (Wildman–Crippen MR) is 64.4 cm³/mol. The van der Waals surface area contributed by atoms with Crippen LogP contribution in [-0.4, -0.2) is 4.57 Å². The maximum Gasteiger partial charge on any atom is 0.268 e. The first-order chi connectivity index (χ1) is 7.65. The van der Waals surface area contributed by atoms with E-state index in [1.54, 1.807) is 13.2 Å². The van der Waals surface area contributed by atoms with Crippen LogP contribution in [-0.2, 0) is 7.05 Å². The smallest absolute Gasteiger partial charge is 0.268 e. The van der Waals surface area contributed by atoms with Crippen molar-refractivity contribution in [2.24, 2.45) is 7.05 Å². The Morgan fingerprint density at radius 1 is 1.50 bits per heavy atom. The molecule has 0 bridgehead atoms. The van der Waals surface area contributed by atoms with E-state index in [0.29, 0.717) is 0 Å². The van der Waals surface area contributed by atoms with Crippen molar-refractivity contribution in [1.29, 1.82) is 5.26 Å². The van der Waals surface area contributed by atoms with Gasteiger partial charge in [0, 0.05) is 23.7 Å². The molecule has 4 heteroatoms. The second-order valence-corrected chi connectivity index (χ2v) is 4.51. The van der Waals surface area contributed by atoms with E-state index in [9.17, 15) is 4.79 Å². The summed E-state index contributed by atoms with van der Waals surface area (Å²) in [5, 5.41) is 11.0. The first-order valence-electron chi connectivity index (χ1n) is 4.79. The molecule has 2 aromatic heterocycles. The second kappa shape index (κ2) is 3.95. The summed E-state index contributed by atoms with van der Waals surface area (Å²) in [5.74, 6) is 0. The lowest BCUT2D eigenvalue weighted by molar-refractivity contribution is 0.849. The highest BCUT2D eigenvalue weighted by Gasteiger charge is 2.14. The maximum atomic E-state index is 11.8. The molecule has 16 heavy (non-hydrogen) atoms. The number of nitrogens with zero attached hydrogens (tertiary/aromatic N) is 2. The van der Waals surface area contributed by atoms with Crippen molar-refractivity contribution in [3.8, 4) is 16.5 Å². The molecule has 0 fully saturated rings. The number of thiophene rings is 1. The summed E-state index contributed by atoms with van der Waals surface area (Å²) in [6.45, 7) is 1.91. The van der Waals surface area contributed by atoms with E-state index in [4.69, 9.17) is 5.26 Å². The van der Waals surface area contributed by atoms with Crippen LogP contribution < -0.4 is 5.56 Å². The topological polar surface area (TPSA) is 45.8 Å². The zero-order valence-electron chi connectivity index (χ0n) is 9.02. The normalized spacial score (nSPS) is 10.1. The number of pyridine rings is 1. The fraction of sp³-hybridized carbons (Fsp3) is 0.167. The van der Waals surface area contributed by atoms with E-state index in [1.807, 2.05) is 30.5 Å². The molecule has 3 nitrogen and oxygen atoms in total. The van der Waals surface area contributed by atoms with Gasteiger partial charge in [0.1, 0.15) is 11.6 Å². The van der Waals surface area contributed by atoms with Crippen LogP contribution >= 0.6 is 11.3 Å². The van der Waals surface area contributed by atoms with Gasteiger partial charge in [0.05, 0.1) is 0 Å². The summed E-state index contributed by atoms with van der Waals surface area (Å²) in [6, 6.07) is 5.85. The van der Waals surface area contributed by atoms with Gasteiger partial charge >= 0.3 is 0 Å². The molecule has 0 amide bonds. The summed E-state index contributed by atoms with van der Waals surface area (Å²) in [5.41, 5.74) is 1.70. The zero-order valence-corrected chi connectivity index (χ0v) is 9.84. The minimum absolute atomic E-state index is 0.227. The van der Waals surface area contributed by atoms with Gasteiger partial charge in [-0.25, -0.2) is 0 Å². The first kappa shape index (κ1) is 10.7. The van der Waals surface area contributed by atoms with Crippen LogP contribution in [0, 0.1) is 18.3 Å². The molecular weight excluding hydrogens is 220 g/mol. The van der Waals surface area contributed by atoms with Crippen molar-refractivity contribution in [2.45, 2.75) is 6.92 Å². The van der Waals surface area contributed by atoms with Crippen LogP contribution in [0.5, 0.6) is 0 Å². The zero-order chi connectivity index (χ0) is 11.7. The number of rotatable bonds is 1. The van der Waals surface area contributed by atoms with Crippen LogP contribution in [0.1, 0.15) is 11.1 Å². The summed E-state index contributed by atoms with van der Waals surface area (Å²) in [6.07, 6.45) is 1.76. The second-order valence-electron chi connectivity index (χ2n) is 3.57. The monoisotopic (exact) mass is 230 g/mol. The van der Waals surface area contributed by atoms with E-state index in [1.165, 1.54) is 15.9 Å². The lowest BCUT2D eigenvalue weighted by Crippen LogP contribution is -2.20. The van der Waals surface area contributed by atoms with Crippen molar-refractivity contribution in [1.82, 2.24) is 4.57 Å². The van der Waals surface area contributed by atoms with Gasteiger partial charge < -0.3 is 4.57 Å². The Morgan fingerprint density at radius 2 is 2.25 bits per heavy atom. The fourth-order valence-corrected chi connectivity index (χ4v) is 2.58. The third kappa shape index (κ3) is 1.55. The van der Waals surface area contributed by atoms with Gasteiger partial charge in [-0.15, -0.1) is 11.3 Å². The minimum Gasteiger partial charge on any atom is -0.317 e. The van der Waals surface area contributed by atoms with Crippen molar-refractivity contribution >= 4 is 11.3 Å². The molecule has 0 atom stereocenters. The highest BCUT2D eigenvalue weighted by Crippen LogP contribution is 2.28. The average molecular weight is 230 g/mol. The van der Waals surface area contributed by atoms with Gasteiger partial charge in [-0.3, -0.25) is 4.79 Å². The molecule has 0 radical (unpaired) electrons. The largest absolute Gasteiger partial charge is 0.317 e. The molecule has 0 aliphatic heterocycles. The van der Waals surface area contributed by atoms with Gasteiger partial charge in [0.15, 0.2) is 0 Å². The van der Waals surface area contributed by atoms with Crippen LogP contribution in [0.15, 0.2) is 28.5 Å². The molecule has 80 valence electrons. The molecule has 0 saturated carbocycles. The van der Waals surface area contributed by atoms with E-state index >= 15 is 0 Å². The van der Waals surface area contributed by atoms with Crippen LogP contribution in [0.3, 0.4) is 0 Å². The number of aromatic nitrogens is 1. The highest BCUT2D eigenvalue weighted by atomic mass is 32.1. The molecule has 0 aromatic carbocycles. The predicted octanol–water partition coefficient (Wildman–Crippen LogP) is 2.29. The third-order valence-corrected chi connectivity index (χ3v) is 3.33. The number of aryl methyl sites for hydroxylation is 2. The Bertz CT molecular complexity index is 618. The van der Waals surface area contributed by atoms with Crippen molar-refractivity contribution in [2.75, 3.05) is 0 Å². The summed E-state index contributed by atoms with van der Waals surface area (Å²) < 4.78 is 1.45. The Morgan fingerprint density at radius 3 is 2.81 bits per heavy atom. The standard InChI is InChI=1S/C12H10N2OS/c1-8-7-14(2)12(15)9(6-13)11(8)10-4-3-5-16-10/h3-5,7H,1-2H3. The SMILES string of the molecule is Cc1cn(C)c(=O)c(C#N)c1-c1cccs1. The summed E-state index contributed by atoms with van der Waals surface area (Å²) in [4.78, 5) is 12.8. The molecule has 0 unspecified atom stereocenters. The number of hydrogen-bond donors (Lipinski definition) is 0. The fourth-order valence-electron chi connectivity index (χ4n) is 1.74. The van der Waals surface area contributed by atoms with E-state index in [2.05, 4.69) is 0 Å². The Hall–Kier alpha value is -1.86. The van der Waals surface area contributed by atoms with E-state index in [0.717, 1.165) is 16.0 Å². The molecule has 2 rings (SSSR count). The lowest BCUT2D eigenvalue weighted by atomic mass is 10.0. The summed E-state index contributed by atoms with van der Waals surface area (Å²) in [7, 11) is 1.66. The minimum atomic E-state index is -0.239. The Labute approximate surface area is 97.2 Å². The third-order valence-electron chi connectivity index (χ3n) is 2.45. The molecule has 2 heterocycles. The van der Waals surface area contributed by atoms with Crippen molar-refractivity contribution < 1.29 is 0 Å². The Kier molecular flexibility index (Phi) is 2.63. The number of nitriles is 1. The van der Waals surface area contributed by atoms with Crippen molar-refractivity contribution in [3.63, 3.8) is 0 Å². The van der Waals surface area contributed by atoms with Crippen LogP contribution in [0.25, 0.3) is 10.4 Å². The summed E-state index contributed by atoms with van der Waals surface area (Å²) >= 11 is 1.54. The Balaban J connectivity index is 2.86. The van der Waals surface area contributed by atoms with Crippen LogP contribution in [0.2, 0.25) is 0 Å².